The van der Waals surface area contributed by atoms with Gasteiger partial charge in [0, 0.05) is 17.7 Å². The smallest absolute Gasteiger partial charge is 0.266 e. The van der Waals surface area contributed by atoms with Gasteiger partial charge in [0.05, 0.1) is 12.0 Å². The largest absolute Gasteiger partial charge is 0.865 e. The molecule has 0 aromatic heterocycles. The van der Waals surface area contributed by atoms with E-state index in [0.717, 1.165) is 18.4 Å². The lowest BCUT2D eigenvalue weighted by atomic mass is 9.79. The summed E-state index contributed by atoms with van der Waals surface area (Å²) in [6.07, 6.45) is 3.88. The summed E-state index contributed by atoms with van der Waals surface area (Å²) >= 11 is 0. The van der Waals surface area contributed by atoms with Crippen molar-refractivity contribution in [1.82, 2.24) is 0 Å². The number of nitrogens with zero attached hydrogens (tertiary/aromatic N) is 1. The first kappa shape index (κ1) is 17.7. The minimum Gasteiger partial charge on any atom is -0.865 e. The second-order valence-electron chi connectivity index (χ2n) is 6.22. The topological polar surface area (TPSA) is 92.5 Å². The normalized spacial score (nSPS) is 18.7. The van der Waals surface area contributed by atoms with Crippen molar-refractivity contribution in [2.75, 3.05) is 7.11 Å². The predicted octanol–water partition coefficient (Wildman–Crippen LogP) is 3.60. The van der Waals surface area contributed by atoms with E-state index in [2.05, 4.69) is 0 Å². The Kier molecular flexibility index (Phi) is 5.02. The Balaban J connectivity index is 1.98. The van der Waals surface area contributed by atoms with Crippen molar-refractivity contribution < 1.29 is 19.6 Å². The van der Waals surface area contributed by atoms with Gasteiger partial charge in [0.1, 0.15) is 5.75 Å². The van der Waals surface area contributed by atoms with E-state index < -0.39 is 16.4 Å². The van der Waals surface area contributed by atoms with Crippen LogP contribution in [0.4, 0.5) is 5.69 Å². The molecule has 1 saturated carbocycles. The number of nitro benzene ring substituents is 1. The predicted molar refractivity (Wildman–Crippen MR) is 95.1 cm³/mol. The van der Waals surface area contributed by atoms with Crippen LogP contribution in [0, 0.1) is 10.1 Å². The number of methoxy groups -OCH3 is 1. The zero-order chi connectivity index (χ0) is 18.7. The van der Waals surface area contributed by atoms with Crippen LogP contribution >= 0.6 is 0 Å². The van der Waals surface area contributed by atoms with Crippen molar-refractivity contribution in [3.63, 3.8) is 0 Å². The van der Waals surface area contributed by atoms with E-state index in [4.69, 9.17) is 4.74 Å². The van der Waals surface area contributed by atoms with Crippen molar-refractivity contribution in [3.05, 3.63) is 69.3 Å². The van der Waals surface area contributed by atoms with Gasteiger partial charge < -0.3 is 9.84 Å². The number of carbonyl (C=O) groups excluding carboxylic acids is 1. The van der Waals surface area contributed by atoms with E-state index in [1.54, 1.807) is 6.08 Å². The van der Waals surface area contributed by atoms with Gasteiger partial charge in [0.15, 0.2) is 5.78 Å². The molecule has 6 heteroatoms. The van der Waals surface area contributed by atoms with Crippen molar-refractivity contribution in [3.8, 4) is 11.5 Å². The van der Waals surface area contributed by atoms with E-state index in [1.165, 1.54) is 19.2 Å². The summed E-state index contributed by atoms with van der Waals surface area (Å²) in [6, 6.07) is 12.2. The number of rotatable bonds is 4. The zero-order valence-electron chi connectivity index (χ0n) is 14.3. The molecule has 3 rings (SSSR count). The zero-order valence-corrected chi connectivity index (χ0v) is 14.3. The molecule has 0 unspecified atom stereocenters. The maximum absolute atomic E-state index is 12.9. The number of allylic oxidation sites excluding steroid dienone is 1. The first-order valence-corrected chi connectivity index (χ1v) is 8.34. The summed E-state index contributed by atoms with van der Waals surface area (Å²) < 4.78 is 4.95. The molecule has 26 heavy (non-hydrogen) atoms. The lowest BCUT2D eigenvalue weighted by Gasteiger charge is -2.23. The average molecular weight is 352 g/mol. The van der Waals surface area contributed by atoms with Crippen LogP contribution in [0.2, 0.25) is 0 Å². The first-order valence-electron chi connectivity index (χ1n) is 8.34. The van der Waals surface area contributed by atoms with Crippen LogP contribution in [0.5, 0.6) is 11.5 Å². The molecule has 0 bridgehead atoms. The maximum atomic E-state index is 12.9. The molecule has 1 aliphatic carbocycles. The molecule has 0 spiro atoms. The average Bonchev–Trinajstić information content (AvgIpc) is 2.65. The quantitative estimate of drug-likeness (QED) is 0.476. The summed E-state index contributed by atoms with van der Waals surface area (Å²) in [5.74, 6) is -1.05. The Labute approximate surface area is 150 Å². The Bertz CT molecular complexity index is 873. The van der Waals surface area contributed by atoms with E-state index in [9.17, 15) is 20.0 Å². The highest BCUT2D eigenvalue weighted by Gasteiger charge is 2.27. The van der Waals surface area contributed by atoms with Gasteiger partial charge in [-0.2, -0.15) is 0 Å². The molecule has 0 heterocycles. The molecule has 1 atom stereocenters. The van der Waals surface area contributed by atoms with Gasteiger partial charge in [-0.25, -0.2) is 0 Å². The SMILES string of the molecule is COc1cc(/C=C2\CCC[C@@H](c3ccccc3)C2=O)cc([N+](=O)[O-])c1[O-]. The summed E-state index contributed by atoms with van der Waals surface area (Å²) in [7, 11) is 1.29. The van der Waals surface area contributed by atoms with Gasteiger partial charge in [-0.1, -0.05) is 30.3 Å². The van der Waals surface area contributed by atoms with Crippen molar-refractivity contribution in [2.24, 2.45) is 0 Å². The van der Waals surface area contributed by atoms with E-state index in [-0.39, 0.29) is 17.5 Å². The first-order chi connectivity index (χ1) is 12.5. The highest BCUT2D eigenvalue weighted by molar-refractivity contribution is 6.04. The number of hydrogen-bond acceptors (Lipinski definition) is 5. The highest BCUT2D eigenvalue weighted by Crippen LogP contribution is 2.37. The number of carbonyl (C=O) groups is 1. The fraction of sp³-hybridized carbons (Fsp3) is 0.250. The van der Waals surface area contributed by atoms with Crippen LogP contribution in [-0.2, 0) is 4.79 Å². The molecular formula is C20H18NO5-. The standard InChI is InChI=1S/C20H19NO5/c1-26-18-12-13(11-17(20(18)23)21(24)25)10-15-8-5-9-16(19(15)22)14-6-3-2-4-7-14/h2-4,6-7,10-12,16,23H,5,8-9H2,1H3/p-1/b15-10+/t16-/m0/s1. The number of benzene rings is 2. The second-order valence-corrected chi connectivity index (χ2v) is 6.22. The highest BCUT2D eigenvalue weighted by atomic mass is 16.6. The Morgan fingerprint density at radius 2 is 1.96 bits per heavy atom. The molecule has 2 aromatic carbocycles. The second kappa shape index (κ2) is 7.39. The molecule has 0 saturated heterocycles. The molecular weight excluding hydrogens is 334 g/mol. The molecule has 1 fully saturated rings. The van der Waals surface area contributed by atoms with Gasteiger partial charge in [-0.3, -0.25) is 14.9 Å². The minimum absolute atomic E-state index is 0.0234. The summed E-state index contributed by atoms with van der Waals surface area (Å²) in [5, 5.41) is 23.0. The summed E-state index contributed by atoms with van der Waals surface area (Å²) in [4.78, 5) is 23.2. The van der Waals surface area contributed by atoms with Crippen LogP contribution in [0.3, 0.4) is 0 Å². The number of ketones is 1. The molecule has 2 aromatic rings. The van der Waals surface area contributed by atoms with Gasteiger partial charge in [0.2, 0.25) is 0 Å². The summed E-state index contributed by atoms with van der Waals surface area (Å²) in [6.45, 7) is 0. The van der Waals surface area contributed by atoms with E-state index >= 15 is 0 Å². The van der Waals surface area contributed by atoms with Gasteiger partial charge in [0.25, 0.3) is 5.69 Å². The van der Waals surface area contributed by atoms with Crippen LogP contribution in [0.1, 0.15) is 36.3 Å². The van der Waals surface area contributed by atoms with Crippen LogP contribution in [0.25, 0.3) is 6.08 Å². The molecule has 1 aliphatic rings. The molecule has 0 radical (unpaired) electrons. The third kappa shape index (κ3) is 3.44. The molecule has 0 amide bonds. The van der Waals surface area contributed by atoms with Crippen LogP contribution in [-0.4, -0.2) is 17.8 Å². The fourth-order valence-corrected chi connectivity index (χ4v) is 3.30. The van der Waals surface area contributed by atoms with Crippen molar-refractivity contribution >= 4 is 17.5 Å². The van der Waals surface area contributed by atoms with E-state index in [1.807, 2.05) is 30.3 Å². The van der Waals surface area contributed by atoms with E-state index in [0.29, 0.717) is 17.6 Å². The van der Waals surface area contributed by atoms with Crippen molar-refractivity contribution in [2.45, 2.75) is 25.2 Å². The van der Waals surface area contributed by atoms with Crippen molar-refractivity contribution in [1.29, 1.82) is 0 Å². The number of hydrogen-bond donors (Lipinski definition) is 0. The third-order valence-corrected chi connectivity index (χ3v) is 4.59. The maximum Gasteiger partial charge on any atom is 0.266 e. The Morgan fingerprint density at radius 1 is 1.23 bits per heavy atom. The van der Waals surface area contributed by atoms with Gasteiger partial charge in [-0.05, 0) is 48.1 Å². The lowest BCUT2D eigenvalue weighted by Crippen LogP contribution is -2.19. The Hall–Kier alpha value is -3.15. The number of nitro groups is 1. The van der Waals surface area contributed by atoms with Gasteiger partial charge in [-0.15, -0.1) is 0 Å². The molecule has 134 valence electrons. The lowest BCUT2D eigenvalue weighted by molar-refractivity contribution is -0.398. The molecule has 0 N–H and O–H groups in total. The summed E-state index contributed by atoms with van der Waals surface area (Å²) in [5.41, 5.74) is 1.45. The monoisotopic (exact) mass is 352 g/mol. The van der Waals surface area contributed by atoms with Gasteiger partial charge >= 0.3 is 0 Å². The third-order valence-electron chi connectivity index (χ3n) is 4.59. The Morgan fingerprint density at radius 3 is 2.62 bits per heavy atom. The number of ether oxygens (including phenoxy) is 1. The molecule has 0 aliphatic heterocycles. The minimum atomic E-state index is -0.767. The van der Waals surface area contributed by atoms with Crippen LogP contribution < -0.4 is 9.84 Å². The van der Waals surface area contributed by atoms with Crippen LogP contribution in [0.15, 0.2) is 48.0 Å². The molecule has 6 nitrogen and oxygen atoms in total. The number of Topliss-reactive ketones (excluding diaryl/α,β-unsaturated/α-hetero) is 1. The fourth-order valence-electron chi connectivity index (χ4n) is 3.30.